The van der Waals surface area contributed by atoms with Gasteiger partial charge in [0.1, 0.15) is 5.82 Å². The Bertz CT molecular complexity index is 513. The lowest BCUT2D eigenvalue weighted by Gasteiger charge is -2.24. The van der Waals surface area contributed by atoms with E-state index in [0.29, 0.717) is 5.56 Å². The molecule has 4 nitrogen and oxygen atoms in total. The number of benzene rings is 1. The van der Waals surface area contributed by atoms with Gasteiger partial charge in [0.05, 0.1) is 7.11 Å². The normalized spacial score (nSPS) is 14.7. The summed E-state index contributed by atoms with van der Waals surface area (Å²) in [5.74, 6) is -1.15. The highest BCUT2D eigenvalue weighted by molar-refractivity contribution is 5.84. The fourth-order valence-electron chi connectivity index (χ4n) is 1.68. The first kappa shape index (κ1) is 13.7. The molecule has 0 aromatic heterocycles. The smallest absolute Gasteiger partial charge is 0.326 e. The monoisotopic (exact) mass is 246 g/mol. The lowest BCUT2D eigenvalue weighted by Crippen LogP contribution is -2.42. The lowest BCUT2D eigenvalue weighted by atomic mass is 9.76. The van der Waals surface area contributed by atoms with E-state index in [-0.39, 0.29) is 0 Å². The van der Waals surface area contributed by atoms with Crippen molar-refractivity contribution < 1.29 is 13.9 Å². The van der Waals surface area contributed by atoms with Crippen molar-refractivity contribution in [2.45, 2.75) is 18.4 Å². The van der Waals surface area contributed by atoms with Gasteiger partial charge in [-0.05, 0) is 24.6 Å². The van der Waals surface area contributed by atoms with E-state index in [0.717, 1.165) is 0 Å². The molecule has 0 heterocycles. The Labute approximate surface area is 104 Å². The molecule has 2 atom stereocenters. The van der Waals surface area contributed by atoms with Crippen molar-refractivity contribution >= 4 is 5.97 Å². The third-order valence-corrected chi connectivity index (χ3v) is 2.85. The van der Waals surface area contributed by atoms with Crippen LogP contribution >= 0.6 is 0 Å². The summed E-state index contributed by atoms with van der Waals surface area (Å²) in [5, 5.41) is 8.98. The first-order valence-electron chi connectivity index (χ1n) is 5.11. The second-order valence-corrected chi connectivity index (χ2v) is 3.86. The molecule has 2 unspecified atom stereocenters. The molecule has 0 amide bonds. The Morgan fingerprint density at radius 3 is 2.50 bits per heavy atom. The molecule has 1 aromatic carbocycles. The zero-order valence-corrected chi connectivity index (χ0v) is 9.98. The molecule has 0 saturated carbocycles. The molecule has 18 heavy (non-hydrogen) atoms. The van der Waals surface area contributed by atoms with E-state index < -0.39 is 23.2 Å². The van der Waals surface area contributed by atoms with Crippen LogP contribution in [-0.2, 0) is 14.9 Å². The van der Waals surface area contributed by atoms with Crippen molar-refractivity contribution in [1.82, 2.24) is 0 Å². The quantitative estimate of drug-likeness (QED) is 0.606. The highest BCUT2D eigenvalue weighted by Gasteiger charge is 2.49. The van der Waals surface area contributed by atoms with Crippen LogP contribution in [0.4, 0.5) is 4.39 Å². The van der Waals surface area contributed by atoms with Gasteiger partial charge in [-0.25, -0.2) is 11.0 Å². The van der Waals surface area contributed by atoms with Crippen LogP contribution in [0.5, 0.6) is 0 Å². The van der Waals surface area contributed by atoms with E-state index in [1.165, 1.54) is 38.3 Å². The molecule has 0 N–H and O–H groups in total. The SMILES string of the molecule is [C-]#[N+]C(C#N)C(C)(C(=O)OC)c1ccc(F)cc1. The van der Waals surface area contributed by atoms with Gasteiger partial charge in [0.2, 0.25) is 0 Å². The molecule has 92 valence electrons. The Morgan fingerprint density at radius 2 is 2.11 bits per heavy atom. The number of hydrogen-bond donors (Lipinski definition) is 0. The van der Waals surface area contributed by atoms with E-state index in [1.54, 1.807) is 6.07 Å². The van der Waals surface area contributed by atoms with E-state index in [2.05, 4.69) is 9.58 Å². The summed E-state index contributed by atoms with van der Waals surface area (Å²) in [6, 6.07) is 5.65. The molecule has 0 aliphatic rings. The lowest BCUT2D eigenvalue weighted by molar-refractivity contribution is -0.146. The Hall–Kier alpha value is -2.40. The van der Waals surface area contributed by atoms with Gasteiger partial charge in [-0.15, -0.1) is 0 Å². The summed E-state index contributed by atoms with van der Waals surface area (Å²) in [4.78, 5) is 15.0. The first-order chi connectivity index (χ1) is 8.50. The van der Waals surface area contributed by atoms with Crippen molar-refractivity contribution in [3.8, 4) is 6.07 Å². The predicted octanol–water partition coefficient (Wildman–Crippen LogP) is 2.07. The van der Waals surface area contributed by atoms with Gasteiger partial charge in [0.15, 0.2) is 11.5 Å². The number of carbonyl (C=O) groups excluding carboxylic acids is 1. The molecule has 5 heteroatoms. The number of nitrogens with zero attached hydrogens (tertiary/aromatic N) is 2. The third kappa shape index (κ3) is 2.16. The highest BCUT2D eigenvalue weighted by Crippen LogP contribution is 2.31. The highest BCUT2D eigenvalue weighted by atomic mass is 19.1. The number of hydrogen-bond acceptors (Lipinski definition) is 3. The van der Waals surface area contributed by atoms with Crippen LogP contribution < -0.4 is 0 Å². The minimum absolute atomic E-state index is 0.373. The van der Waals surface area contributed by atoms with E-state index in [1.807, 2.05) is 0 Å². The molecule has 1 aromatic rings. The van der Waals surface area contributed by atoms with Crippen LogP contribution in [0.15, 0.2) is 24.3 Å². The molecule has 1 rings (SSSR count). The fraction of sp³-hybridized carbons (Fsp3) is 0.308. The molecule has 0 aliphatic carbocycles. The zero-order valence-electron chi connectivity index (χ0n) is 9.98. The summed E-state index contributed by atoms with van der Waals surface area (Å²) in [6.07, 6.45) is 0. The van der Waals surface area contributed by atoms with Crippen molar-refractivity contribution in [2.75, 3.05) is 7.11 Å². The molecular weight excluding hydrogens is 235 g/mol. The molecule has 0 saturated heterocycles. The van der Waals surface area contributed by atoms with Crippen molar-refractivity contribution in [3.05, 3.63) is 47.1 Å². The third-order valence-electron chi connectivity index (χ3n) is 2.85. The average molecular weight is 246 g/mol. The number of carbonyl (C=O) groups is 1. The number of ether oxygens (including phenoxy) is 1. The van der Waals surface area contributed by atoms with Gasteiger partial charge in [-0.2, -0.15) is 5.26 Å². The standard InChI is InChI=1S/C13H11FN2O2/c1-13(12(17)18-3,11(8-15)16-2)9-4-6-10(14)7-5-9/h4-7,11H,1,3H3. The van der Waals surface area contributed by atoms with Crippen LogP contribution in [-0.4, -0.2) is 19.1 Å². The first-order valence-corrected chi connectivity index (χ1v) is 5.11. The maximum Gasteiger partial charge on any atom is 0.326 e. The van der Waals surface area contributed by atoms with E-state index in [9.17, 15) is 9.18 Å². The summed E-state index contributed by atoms with van der Waals surface area (Å²) < 4.78 is 17.5. The number of halogens is 1. The zero-order chi connectivity index (χ0) is 13.8. The Kier molecular flexibility index (Phi) is 4.01. The van der Waals surface area contributed by atoms with Crippen LogP contribution in [0.25, 0.3) is 4.85 Å². The van der Waals surface area contributed by atoms with Crippen LogP contribution in [0.2, 0.25) is 0 Å². The van der Waals surface area contributed by atoms with Gasteiger partial charge >= 0.3 is 12.0 Å². The van der Waals surface area contributed by atoms with Gasteiger partial charge in [-0.1, -0.05) is 12.1 Å². The molecule has 0 radical (unpaired) electrons. The molecule has 0 bridgehead atoms. The summed E-state index contributed by atoms with van der Waals surface area (Å²) >= 11 is 0. The fourth-order valence-corrected chi connectivity index (χ4v) is 1.68. The van der Waals surface area contributed by atoms with Gasteiger partial charge in [0.25, 0.3) is 0 Å². The minimum Gasteiger partial charge on any atom is -0.468 e. The summed E-state index contributed by atoms with van der Waals surface area (Å²) in [7, 11) is 1.18. The van der Waals surface area contributed by atoms with Crippen molar-refractivity contribution in [2.24, 2.45) is 0 Å². The van der Waals surface area contributed by atoms with Gasteiger partial charge in [0, 0.05) is 0 Å². The topological polar surface area (TPSA) is 54.5 Å². The van der Waals surface area contributed by atoms with E-state index >= 15 is 0 Å². The Morgan fingerprint density at radius 1 is 1.56 bits per heavy atom. The maximum atomic E-state index is 12.9. The second-order valence-electron chi connectivity index (χ2n) is 3.86. The molecule has 0 spiro atoms. The van der Waals surface area contributed by atoms with Crippen LogP contribution in [0.1, 0.15) is 12.5 Å². The second kappa shape index (κ2) is 5.29. The van der Waals surface area contributed by atoms with Gasteiger partial charge in [-0.3, -0.25) is 9.64 Å². The number of methoxy groups -OCH3 is 1. The average Bonchev–Trinajstić information content (AvgIpc) is 2.39. The summed E-state index contributed by atoms with van der Waals surface area (Å²) in [5.41, 5.74) is -1.06. The number of rotatable bonds is 3. The van der Waals surface area contributed by atoms with Crippen molar-refractivity contribution in [3.63, 3.8) is 0 Å². The maximum absolute atomic E-state index is 12.9. The van der Waals surface area contributed by atoms with Crippen LogP contribution in [0, 0.1) is 23.7 Å². The molecule has 0 aliphatic heterocycles. The van der Waals surface area contributed by atoms with Crippen LogP contribution in [0.3, 0.4) is 0 Å². The van der Waals surface area contributed by atoms with Gasteiger partial charge < -0.3 is 4.74 Å². The van der Waals surface area contributed by atoms with E-state index in [4.69, 9.17) is 11.8 Å². The summed E-state index contributed by atoms with van der Waals surface area (Å²) in [6.45, 7) is 8.44. The van der Waals surface area contributed by atoms with Crippen molar-refractivity contribution in [1.29, 1.82) is 5.26 Å². The molecular formula is C13H11FN2O2. The number of nitriles is 1. The minimum atomic E-state index is -1.43. The Balaban J connectivity index is 3.39. The largest absolute Gasteiger partial charge is 0.468 e. The molecule has 0 fully saturated rings. The predicted molar refractivity (Wildman–Crippen MR) is 61.8 cm³/mol. The number of esters is 1.